The first kappa shape index (κ1) is 17.2. The number of primary sulfonamides is 1. The van der Waals surface area contributed by atoms with Crippen LogP contribution in [0.25, 0.3) is 0 Å². The molecule has 1 amide bonds. The third-order valence-corrected chi connectivity index (χ3v) is 3.99. The standard InChI is InChI=1S/C15H20N2O3S/c1-3-4-5-6-7-15(18)17-12(2)13-8-10-14(11-9-13)21(16,19)20/h1,8-12H,4-7H2,2H3,(H,17,18)(H2,16,19,20). The smallest absolute Gasteiger partial charge is 0.238 e. The number of carbonyl (C=O) groups is 1. The van der Waals surface area contributed by atoms with Crippen LogP contribution in [-0.4, -0.2) is 14.3 Å². The predicted molar refractivity (Wildman–Crippen MR) is 81.7 cm³/mol. The number of sulfonamides is 1. The fourth-order valence-electron chi connectivity index (χ4n) is 1.86. The average Bonchev–Trinajstić information content (AvgIpc) is 2.43. The normalized spacial score (nSPS) is 12.4. The fraction of sp³-hybridized carbons (Fsp3) is 0.400. The van der Waals surface area contributed by atoms with Crippen LogP contribution in [0.3, 0.4) is 0 Å². The van der Waals surface area contributed by atoms with Crippen LogP contribution >= 0.6 is 0 Å². The van der Waals surface area contributed by atoms with Gasteiger partial charge in [-0.1, -0.05) is 12.1 Å². The van der Waals surface area contributed by atoms with Crippen LogP contribution in [0.15, 0.2) is 29.2 Å². The quantitative estimate of drug-likeness (QED) is 0.593. The fourth-order valence-corrected chi connectivity index (χ4v) is 2.37. The Morgan fingerprint density at radius 3 is 2.48 bits per heavy atom. The molecule has 114 valence electrons. The van der Waals surface area contributed by atoms with Crippen molar-refractivity contribution in [1.29, 1.82) is 0 Å². The number of hydrogen-bond donors (Lipinski definition) is 2. The first-order chi connectivity index (χ1) is 9.84. The topological polar surface area (TPSA) is 89.3 Å². The molecule has 6 heteroatoms. The molecule has 5 nitrogen and oxygen atoms in total. The van der Waals surface area contributed by atoms with Crippen molar-refractivity contribution in [2.45, 2.75) is 43.5 Å². The summed E-state index contributed by atoms with van der Waals surface area (Å²) in [5.74, 6) is 2.49. The molecule has 0 saturated heterocycles. The minimum absolute atomic E-state index is 0.0463. The molecule has 1 atom stereocenters. The number of hydrogen-bond acceptors (Lipinski definition) is 3. The van der Waals surface area contributed by atoms with Crippen molar-refractivity contribution >= 4 is 15.9 Å². The summed E-state index contributed by atoms with van der Waals surface area (Å²) in [5.41, 5.74) is 0.819. The number of benzene rings is 1. The molecule has 1 aromatic carbocycles. The number of carbonyl (C=O) groups excluding carboxylic acids is 1. The van der Waals surface area contributed by atoms with Crippen molar-refractivity contribution < 1.29 is 13.2 Å². The minimum atomic E-state index is -3.69. The first-order valence-electron chi connectivity index (χ1n) is 6.70. The number of amides is 1. The molecule has 1 aromatic rings. The van der Waals surface area contributed by atoms with Crippen molar-refractivity contribution in [2.24, 2.45) is 5.14 Å². The van der Waals surface area contributed by atoms with Crippen LogP contribution in [-0.2, 0) is 14.8 Å². The third-order valence-electron chi connectivity index (χ3n) is 3.06. The van der Waals surface area contributed by atoms with Crippen LogP contribution in [0.5, 0.6) is 0 Å². The molecule has 0 radical (unpaired) electrons. The van der Waals surface area contributed by atoms with Gasteiger partial charge in [0.15, 0.2) is 0 Å². The zero-order valence-corrected chi connectivity index (χ0v) is 12.8. The SMILES string of the molecule is C#CCCCCC(=O)NC(C)c1ccc(S(N)(=O)=O)cc1. The van der Waals surface area contributed by atoms with E-state index in [1.807, 2.05) is 6.92 Å². The number of terminal acetylenes is 1. The molecular formula is C15H20N2O3S. The monoisotopic (exact) mass is 308 g/mol. The molecule has 0 saturated carbocycles. The number of unbranched alkanes of at least 4 members (excludes halogenated alkanes) is 2. The van der Waals surface area contributed by atoms with Crippen molar-refractivity contribution in [1.82, 2.24) is 5.32 Å². The Bertz CT molecular complexity index is 615. The van der Waals surface area contributed by atoms with E-state index in [-0.39, 0.29) is 16.8 Å². The molecule has 1 unspecified atom stereocenters. The van der Waals surface area contributed by atoms with E-state index < -0.39 is 10.0 Å². The molecular weight excluding hydrogens is 288 g/mol. The lowest BCUT2D eigenvalue weighted by Gasteiger charge is -2.14. The summed E-state index contributed by atoms with van der Waals surface area (Å²) in [5, 5.41) is 7.89. The summed E-state index contributed by atoms with van der Waals surface area (Å²) in [6.07, 6.45) is 7.84. The Morgan fingerprint density at radius 2 is 1.95 bits per heavy atom. The second kappa shape index (κ2) is 7.81. The lowest BCUT2D eigenvalue weighted by molar-refractivity contribution is -0.121. The highest BCUT2D eigenvalue weighted by Gasteiger charge is 2.11. The summed E-state index contributed by atoms with van der Waals surface area (Å²) in [6.45, 7) is 1.84. The third kappa shape index (κ3) is 5.98. The van der Waals surface area contributed by atoms with Crippen LogP contribution in [0.2, 0.25) is 0 Å². The highest BCUT2D eigenvalue weighted by atomic mass is 32.2. The van der Waals surface area contributed by atoms with E-state index >= 15 is 0 Å². The number of nitrogens with two attached hydrogens (primary N) is 1. The molecule has 0 heterocycles. The van der Waals surface area contributed by atoms with E-state index in [9.17, 15) is 13.2 Å². The number of rotatable bonds is 7. The van der Waals surface area contributed by atoms with E-state index in [1.54, 1.807) is 12.1 Å². The lowest BCUT2D eigenvalue weighted by Crippen LogP contribution is -2.26. The maximum atomic E-state index is 11.7. The molecule has 0 bridgehead atoms. The molecule has 0 aliphatic carbocycles. The average molecular weight is 308 g/mol. The minimum Gasteiger partial charge on any atom is -0.350 e. The molecule has 0 aromatic heterocycles. The Hall–Kier alpha value is -1.84. The summed E-state index contributed by atoms with van der Waals surface area (Å²) >= 11 is 0. The zero-order valence-electron chi connectivity index (χ0n) is 12.0. The van der Waals surface area contributed by atoms with E-state index in [0.717, 1.165) is 18.4 Å². The van der Waals surface area contributed by atoms with Crippen molar-refractivity contribution in [3.63, 3.8) is 0 Å². The Balaban J connectivity index is 2.54. The maximum Gasteiger partial charge on any atom is 0.238 e. The Kier molecular flexibility index (Phi) is 6.40. The molecule has 0 spiro atoms. The maximum absolute atomic E-state index is 11.7. The van der Waals surface area contributed by atoms with Crippen molar-refractivity contribution in [2.75, 3.05) is 0 Å². The Morgan fingerprint density at radius 1 is 1.33 bits per heavy atom. The van der Waals surface area contributed by atoms with Gasteiger partial charge >= 0.3 is 0 Å². The molecule has 1 rings (SSSR count). The molecule has 0 aliphatic rings. The van der Waals surface area contributed by atoms with Gasteiger partial charge in [0.2, 0.25) is 15.9 Å². The summed E-state index contributed by atoms with van der Waals surface area (Å²) in [6, 6.07) is 5.95. The molecule has 21 heavy (non-hydrogen) atoms. The van der Waals surface area contributed by atoms with Gasteiger partial charge < -0.3 is 5.32 Å². The van der Waals surface area contributed by atoms with E-state index in [2.05, 4.69) is 11.2 Å². The second-order valence-corrected chi connectivity index (χ2v) is 6.38. The highest BCUT2D eigenvalue weighted by Crippen LogP contribution is 2.15. The second-order valence-electron chi connectivity index (χ2n) is 4.81. The van der Waals surface area contributed by atoms with Crippen LogP contribution in [0.1, 0.15) is 44.2 Å². The van der Waals surface area contributed by atoms with E-state index in [4.69, 9.17) is 11.6 Å². The molecule has 0 fully saturated rings. The van der Waals surface area contributed by atoms with Gasteiger partial charge in [-0.3, -0.25) is 4.79 Å². The summed E-state index contributed by atoms with van der Waals surface area (Å²) in [7, 11) is -3.69. The van der Waals surface area contributed by atoms with E-state index in [0.29, 0.717) is 12.8 Å². The largest absolute Gasteiger partial charge is 0.350 e. The van der Waals surface area contributed by atoms with Gasteiger partial charge in [0.25, 0.3) is 0 Å². The van der Waals surface area contributed by atoms with Gasteiger partial charge in [0, 0.05) is 12.8 Å². The summed E-state index contributed by atoms with van der Waals surface area (Å²) in [4.78, 5) is 11.8. The summed E-state index contributed by atoms with van der Waals surface area (Å²) < 4.78 is 22.3. The van der Waals surface area contributed by atoms with Crippen molar-refractivity contribution in [3.05, 3.63) is 29.8 Å². The van der Waals surface area contributed by atoms with E-state index in [1.165, 1.54) is 12.1 Å². The Labute approximate surface area is 126 Å². The van der Waals surface area contributed by atoms with Gasteiger partial charge in [-0.05, 0) is 37.5 Å². The van der Waals surface area contributed by atoms with Gasteiger partial charge in [0.05, 0.1) is 10.9 Å². The first-order valence-corrected chi connectivity index (χ1v) is 8.25. The lowest BCUT2D eigenvalue weighted by atomic mass is 10.1. The predicted octanol–water partition coefficient (Wildman–Crippen LogP) is 1.70. The van der Waals surface area contributed by atoms with Crippen molar-refractivity contribution in [3.8, 4) is 12.3 Å². The van der Waals surface area contributed by atoms with Gasteiger partial charge in [-0.15, -0.1) is 12.3 Å². The van der Waals surface area contributed by atoms with Gasteiger partial charge in [-0.2, -0.15) is 0 Å². The van der Waals surface area contributed by atoms with Gasteiger partial charge in [-0.25, -0.2) is 13.6 Å². The molecule has 3 N–H and O–H groups in total. The highest BCUT2D eigenvalue weighted by molar-refractivity contribution is 7.89. The molecule has 0 aliphatic heterocycles. The number of nitrogens with one attached hydrogen (secondary N) is 1. The zero-order chi connectivity index (χ0) is 15.9. The van der Waals surface area contributed by atoms with Gasteiger partial charge in [0.1, 0.15) is 0 Å². The van der Waals surface area contributed by atoms with Crippen LogP contribution < -0.4 is 10.5 Å². The van der Waals surface area contributed by atoms with Crippen LogP contribution in [0, 0.1) is 12.3 Å². The van der Waals surface area contributed by atoms with Crippen LogP contribution in [0.4, 0.5) is 0 Å².